The normalized spacial score (nSPS) is 17.1. The fourth-order valence-electron chi connectivity index (χ4n) is 2.79. The number of halogens is 1. The molecule has 2 rings (SSSR count). The van der Waals surface area contributed by atoms with Crippen molar-refractivity contribution in [3.63, 3.8) is 0 Å². The predicted molar refractivity (Wildman–Crippen MR) is 122 cm³/mol. The standard InChI is InChI=1S/C17H30N4O3S2.HI/c1-6-18-16(19-11-17(7-8-17)12-26(5,22)23)21(3)9-14-10-25-15(20-14)13(2)24-4;/h10,13H,6-9,11-12H2,1-5H3,(H,18,19);1H. The van der Waals surface area contributed by atoms with Crippen molar-refractivity contribution >= 4 is 51.1 Å². The molecule has 0 radical (unpaired) electrons. The van der Waals surface area contributed by atoms with E-state index >= 15 is 0 Å². The van der Waals surface area contributed by atoms with Crippen molar-refractivity contribution in [2.45, 2.75) is 39.3 Å². The molecule has 0 saturated heterocycles. The number of thiazole rings is 1. The van der Waals surface area contributed by atoms with Crippen LogP contribution in [0.5, 0.6) is 0 Å². The number of hydrogen-bond acceptors (Lipinski definition) is 6. The van der Waals surface area contributed by atoms with Gasteiger partial charge in [0.2, 0.25) is 0 Å². The van der Waals surface area contributed by atoms with Gasteiger partial charge in [0, 0.05) is 44.3 Å². The quantitative estimate of drug-likeness (QED) is 0.300. The Labute approximate surface area is 183 Å². The number of aromatic nitrogens is 1. The first-order chi connectivity index (χ1) is 12.2. The summed E-state index contributed by atoms with van der Waals surface area (Å²) in [7, 11) is 0.667. The second kappa shape index (κ2) is 10.4. The number of nitrogens with zero attached hydrogens (tertiary/aromatic N) is 3. The van der Waals surface area contributed by atoms with E-state index in [9.17, 15) is 8.42 Å². The molecular weight excluding hydrogens is 499 g/mol. The third-order valence-electron chi connectivity index (χ3n) is 4.46. The summed E-state index contributed by atoms with van der Waals surface area (Å²) in [5.74, 6) is 0.998. The summed E-state index contributed by atoms with van der Waals surface area (Å²) in [5.41, 5.74) is 0.802. The minimum absolute atomic E-state index is 0. The fourth-order valence-corrected chi connectivity index (χ4v) is 5.13. The lowest BCUT2D eigenvalue weighted by molar-refractivity contribution is 0.119. The van der Waals surface area contributed by atoms with Crippen LogP contribution in [0.1, 0.15) is 43.5 Å². The molecule has 0 amide bonds. The molecule has 0 spiro atoms. The molecule has 1 aliphatic rings. The molecule has 1 heterocycles. The predicted octanol–water partition coefficient (Wildman–Crippen LogP) is 2.69. The molecule has 1 atom stereocenters. The lowest BCUT2D eigenvalue weighted by atomic mass is 10.1. The molecule has 1 fully saturated rings. The van der Waals surface area contributed by atoms with Gasteiger partial charge in [0.15, 0.2) is 5.96 Å². The third kappa shape index (κ3) is 7.82. The average molecular weight is 530 g/mol. The zero-order valence-corrected chi connectivity index (χ0v) is 20.7. The van der Waals surface area contributed by atoms with E-state index < -0.39 is 9.84 Å². The Hall–Kier alpha value is -0.460. The number of guanidine groups is 1. The van der Waals surface area contributed by atoms with Gasteiger partial charge in [-0.3, -0.25) is 4.99 Å². The number of nitrogens with one attached hydrogen (secondary N) is 1. The van der Waals surface area contributed by atoms with Gasteiger partial charge in [0.25, 0.3) is 0 Å². The van der Waals surface area contributed by atoms with E-state index in [2.05, 4.69) is 10.3 Å². The van der Waals surface area contributed by atoms with Gasteiger partial charge in [-0.05, 0) is 26.7 Å². The van der Waals surface area contributed by atoms with Crippen LogP contribution in [-0.4, -0.2) is 63.5 Å². The molecule has 1 aromatic heterocycles. The number of rotatable bonds is 9. The largest absolute Gasteiger partial charge is 0.375 e. The topological polar surface area (TPSA) is 83.9 Å². The van der Waals surface area contributed by atoms with Crippen LogP contribution in [0.4, 0.5) is 0 Å². The SMILES string of the molecule is CCNC(=NCC1(CS(C)(=O)=O)CC1)N(C)Cc1csc(C(C)OC)n1.I. The smallest absolute Gasteiger partial charge is 0.194 e. The first-order valence-electron chi connectivity index (χ1n) is 8.82. The van der Waals surface area contributed by atoms with Crippen LogP contribution in [0.25, 0.3) is 0 Å². The van der Waals surface area contributed by atoms with Crippen molar-refractivity contribution in [3.05, 3.63) is 16.1 Å². The van der Waals surface area contributed by atoms with Crippen LogP contribution in [0, 0.1) is 5.41 Å². The molecule has 1 N–H and O–H groups in total. The summed E-state index contributed by atoms with van der Waals surface area (Å²) in [5, 5.41) is 6.28. The molecule has 7 nitrogen and oxygen atoms in total. The number of hydrogen-bond donors (Lipinski definition) is 1. The average Bonchev–Trinajstić information content (AvgIpc) is 3.14. The molecule has 1 aliphatic carbocycles. The molecule has 1 unspecified atom stereocenters. The van der Waals surface area contributed by atoms with E-state index in [4.69, 9.17) is 9.73 Å². The lowest BCUT2D eigenvalue weighted by Crippen LogP contribution is -2.39. The Morgan fingerprint density at radius 1 is 1.52 bits per heavy atom. The van der Waals surface area contributed by atoms with E-state index in [1.165, 1.54) is 6.26 Å². The molecule has 156 valence electrons. The number of methoxy groups -OCH3 is 1. The van der Waals surface area contributed by atoms with Crippen LogP contribution < -0.4 is 5.32 Å². The van der Waals surface area contributed by atoms with Gasteiger partial charge >= 0.3 is 0 Å². The minimum atomic E-state index is -2.98. The maximum atomic E-state index is 11.6. The Bertz CT molecular complexity index is 732. The van der Waals surface area contributed by atoms with Crippen LogP contribution in [0.2, 0.25) is 0 Å². The highest BCUT2D eigenvalue weighted by atomic mass is 127. The highest BCUT2D eigenvalue weighted by molar-refractivity contribution is 14.0. The highest BCUT2D eigenvalue weighted by Gasteiger charge is 2.45. The Morgan fingerprint density at radius 3 is 2.70 bits per heavy atom. The fraction of sp³-hybridized carbons (Fsp3) is 0.765. The van der Waals surface area contributed by atoms with Crippen molar-refractivity contribution in [3.8, 4) is 0 Å². The zero-order chi connectivity index (χ0) is 19.4. The van der Waals surface area contributed by atoms with Crippen molar-refractivity contribution in [2.75, 3.05) is 39.3 Å². The van der Waals surface area contributed by atoms with Gasteiger partial charge in [0.1, 0.15) is 20.9 Å². The van der Waals surface area contributed by atoms with Gasteiger partial charge in [-0.1, -0.05) is 0 Å². The number of sulfone groups is 1. The van der Waals surface area contributed by atoms with Gasteiger partial charge in [-0.2, -0.15) is 0 Å². The molecule has 10 heteroatoms. The van der Waals surface area contributed by atoms with Crippen LogP contribution in [0.15, 0.2) is 10.4 Å². The van der Waals surface area contributed by atoms with E-state index in [0.717, 1.165) is 36.0 Å². The number of ether oxygens (including phenoxy) is 1. The van der Waals surface area contributed by atoms with Crippen molar-refractivity contribution in [1.82, 2.24) is 15.2 Å². The van der Waals surface area contributed by atoms with Gasteiger partial charge in [0.05, 0.1) is 18.0 Å². The van der Waals surface area contributed by atoms with E-state index in [-0.39, 0.29) is 41.2 Å². The first kappa shape index (κ1) is 24.6. The monoisotopic (exact) mass is 530 g/mol. The van der Waals surface area contributed by atoms with Gasteiger partial charge in [-0.15, -0.1) is 35.3 Å². The third-order valence-corrected chi connectivity index (χ3v) is 6.65. The minimum Gasteiger partial charge on any atom is -0.375 e. The van der Waals surface area contributed by atoms with Crippen LogP contribution >= 0.6 is 35.3 Å². The molecule has 27 heavy (non-hydrogen) atoms. The summed E-state index contributed by atoms with van der Waals surface area (Å²) in [6.45, 7) is 5.93. The molecule has 1 saturated carbocycles. The van der Waals surface area contributed by atoms with Crippen molar-refractivity contribution in [1.29, 1.82) is 0 Å². The van der Waals surface area contributed by atoms with Crippen LogP contribution in [0.3, 0.4) is 0 Å². The van der Waals surface area contributed by atoms with E-state index in [1.807, 2.05) is 31.2 Å². The Kier molecular flexibility index (Phi) is 9.43. The number of aliphatic imine (C=N–C) groups is 1. The molecule has 0 aliphatic heterocycles. The lowest BCUT2D eigenvalue weighted by Gasteiger charge is -2.22. The Balaban J connectivity index is 0.00000364. The van der Waals surface area contributed by atoms with Crippen molar-refractivity contribution in [2.24, 2.45) is 10.4 Å². The van der Waals surface area contributed by atoms with Crippen LogP contribution in [-0.2, 0) is 21.1 Å². The summed E-state index contributed by atoms with van der Waals surface area (Å²) >= 11 is 1.59. The van der Waals surface area contributed by atoms with Gasteiger partial charge < -0.3 is 15.0 Å². The van der Waals surface area contributed by atoms with E-state index in [0.29, 0.717) is 13.1 Å². The van der Waals surface area contributed by atoms with Gasteiger partial charge in [-0.25, -0.2) is 13.4 Å². The zero-order valence-electron chi connectivity index (χ0n) is 16.7. The summed E-state index contributed by atoms with van der Waals surface area (Å²) < 4.78 is 28.6. The molecule has 1 aromatic rings. The highest BCUT2D eigenvalue weighted by Crippen LogP contribution is 2.46. The maximum Gasteiger partial charge on any atom is 0.194 e. The summed E-state index contributed by atoms with van der Waals surface area (Å²) in [4.78, 5) is 11.4. The molecular formula is C17H31IN4O3S2. The maximum absolute atomic E-state index is 11.6. The second-order valence-electron chi connectivity index (χ2n) is 7.15. The summed E-state index contributed by atoms with van der Waals surface area (Å²) in [6.07, 6.45) is 3.15. The van der Waals surface area contributed by atoms with Crippen molar-refractivity contribution < 1.29 is 13.2 Å². The molecule has 0 bridgehead atoms. The Morgan fingerprint density at radius 2 is 2.19 bits per heavy atom. The first-order valence-corrected chi connectivity index (χ1v) is 11.8. The molecule has 0 aromatic carbocycles. The summed E-state index contributed by atoms with van der Waals surface area (Å²) in [6, 6.07) is 0. The van der Waals surface area contributed by atoms with E-state index in [1.54, 1.807) is 18.4 Å². The second-order valence-corrected chi connectivity index (χ2v) is 10.2.